The predicted molar refractivity (Wildman–Crippen MR) is 70.3 cm³/mol. The molecule has 1 rings (SSSR count). The number of halogens is 1. The topological polar surface area (TPSA) is 29.5 Å². The molecule has 0 saturated carbocycles. The van der Waals surface area contributed by atoms with Crippen LogP contribution in [0.4, 0.5) is 0 Å². The van der Waals surface area contributed by atoms with Crippen molar-refractivity contribution in [2.75, 3.05) is 27.3 Å². The Morgan fingerprint density at radius 1 is 1.62 bits per heavy atom. The highest BCUT2D eigenvalue weighted by Crippen LogP contribution is 2.22. The summed E-state index contributed by atoms with van der Waals surface area (Å²) < 4.78 is 6.05. The fourth-order valence-corrected chi connectivity index (χ4v) is 2.61. The monoisotopic (exact) mass is 305 g/mol. The SMILES string of the molecule is COCC(C)N(C)CC(=O)c1ccc(Br)s1. The number of carbonyl (C=O) groups is 1. The summed E-state index contributed by atoms with van der Waals surface area (Å²) in [6.45, 7) is 3.11. The van der Waals surface area contributed by atoms with E-state index in [4.69, 9.17) is 4.74 Å². The van der Waals surface area contributed by atoms with Gasteiger partial charge >= 0.3 is 0 Å². The molecule has 0 saturated heterocycles. The molecule has 0 fully saturated rings. The van der Waals surface area contributed by atoms with Crippen LogP contribution in [-0.4, -0.2) is 44.0 Å². The number of likely N-dealkylation sites (N-methyl/N-ethyl adjacent to an activating group) is 1. The van der Waals surface area contributed by atoms with Crippen LogP contribution in [0.1, 0.15) is 16.6 Å². The third kappa shape index (κ3) is 3.97. The lowest BCUT2D eigenvalue weighted by molar-refractivity contribution is 0.0845. The van der Waals surface area contributed by atoms with Gasteiger partial charge in [-0.25, -0.2) is 0 Å². The Kier molecular flexibility index (Phi) is 5.61. The van der Waals surface area contributed by atoms with Crippen molar-refractivity contribution in [1.29, 1.82) is 0 Å². The normalized spacial score (nSPS) is 13.1. The highest BCUT2D eigenvalue weighted by atomic mass is 79.9. The molecule has 0 amide bonds. The molecule has 0 bridgehead atoms. The summed E-state index contributed by atoms with van der Waals surface area (Å²) in [5.74, 6) is 0.154. The van der Waals surface area contributed by atoms with Gasteiger partial charge in [0.05, 0.1) is 21.8 Å². The molecule has 3 nitrogen and oxygen atoms in total. The second-order valence-corrected chi connectivity index (χ2v) is 6.21. The first-order chi connectivity index (χ1) is 7.54. The van der Waals surface area contributed by atoms with E-state index in [1.165, 1.54) is 11.3 Å². The molecule has 1 unspecified atom stereocenters. The molecule has 0 aliphatic carbocycles. The highest BCUT2D eigenvalue weighted by Gasteiger charge is 2.15. The van der Waals surface area contributed by atoms with Crippen LogP contribution in [0, 0.1) is 0 Å². The van der Waals surface area contributed by atoms with Crippen molar-refractivity contribution >= 4 is 33.0 Å². The molecule has 90 valence electrons. The lowest BCUT2D eigenvalue weighted by atomic mass is 10.2. The molecule has 5 heteroatoms. The quantitative estimate of drug-likeness (QED) is 0.757. The third-order valence-electron chi connectivity index (χ3n) is 2.40. The van der Waals surface area contributed by atoms with Crippen LogP contribution < -0.4 is 0 Å². The van der Waals surface area contributed by atoms with Crippen molar-refractivity contribution in [3.05, 3.63) is 20.8 Å². The van der Waals surface area contributed by atoms with Gasteiger partial charge in [-0.15, -0.1) is 11.3 Å². The van der Waals surface area contributed by atoms with Gasteiger partial charge in [-0.1, -0.05) is 0 Å². The zero-order chi connectivity index (χ0) is 12.1. The number of rotatable bonds is 6. The van der Waals surface area contributed by atoms with Crippen molar-refractivity contribution in [2.24, 2.45) is 0 Å². The van der Waals surface area contributed by atoms with Crippen molar-refractivity contribution < 1.29 is 9.53 Å². The van der Waals surface area contributed by atoms with Gasteiger partial charge in [0.15, 0.2) is 5.78 Å². The summed E-state index contributed by atoms with van der Waals surface area (Å²) in [6.07, 6.45) is 0. The van der Waals surface area contributed by atoms with E-state index in [1.54, 1.807) is 7.11 Å². The van der Waals surface area contributed by atoms with E-state index in [-0.39, 0.29) is 11.8 Å². The smallest absolute Gasteiger partial charge is 0.186 e. The van der Waals surface area contributed by atoms with E-state index in [0.29, 0.717) is 13.2 Å². The van der Waals surface area contributed by atoms with E-state index in [2.05, 4.69) is 15.9 Å². The second-order valence-electron chi connectivity index (χ2n) is 3.75. The molecule has 1 aromatic heterocycles. The van der Waals surface area contributed by atoms with Crippen LogP contribution in [0.5, 0.6) is 0 Å². The number of methoxy groups -OCH3 is 1. The first kappa shape index (κ1) is 13.8. The maximum Gasteiger partial charge on any atom is 0.186 e. The van der Waals surface area contributed by atoms with Crippen LogP contribution in [0.3, 0.4) is 0 Å². The van der Waals surface area contributed by atoms with E-state index in [0.717, 1.165) is 8.66 Å². The summed E-state index contributed by atoms with van der Waals surface area (Å²) >= 11 is 4.83. The maximum absolute atomic E-state index is 11.9. The Labute approximate surface area is 109 Å². The molecule has 0 aliphatic heterocycles. The highest BCUT2D eigenvalue weighted by molar-refractivity contribution is 9.11. The standard InChI is InChI=1S/C11H16BrNO2S/c1-8(7-15-3)13(2)6-9(14)10-4-5-11(12)16-10/h4-5,8H,6-7H2,1-3H3. The lowest BCUT2D eigenvalue weighted by Crippen LogP contribution is -2.36. The summed E-state index contributed by atoms with van der Waals surface area (Å²) in [6, 6.07) is 4.00. The Morgan fingerprint density at radius 3 is 2.81 bits per heavy atom. The van der Waals surface area contributed by atoms with Gasteiger partial charge < -0.3 is 4.74 Å². The molecule has 1 atom stereocenters. The Bertz CT molecular complexity index is 354. The number of ether oxygens (including phenoxy) is 1. The molecular weight excluding hydrogens is 290 g/mol. The Hall–Kier alpha value is -0.230. The van der Waals surface area contributed by atoms with Crippen LogP contribution in [-0.2, 0) is 4.74 Å². The Morgan fingerprint density at radius 2 is 2.31 bits per heavy atom. The minimum absolute atomic E-state index is 0.154. The first-order valence-corrected chi connectivity index (χ1v) is 6.63. The summed E-state index contributed by atoms with van der Waals surface area (Å²) in [5, 5.41) is 0. The number of carbonyl (C=O) groups excluding carboxylic acids is 1. The molecule has 1 heterocycles. The molecule has 0 aliphatic rings. The maximum atomic E-state index is 11.9. The minimum Gasteiger partial charge on any atom is -0.383 e. The van der Waals surface area contributed by atoms with Gasteiger partial charge in [0.25, 0.3) is 0 Å². The van der Waals surface area contributed by atoms with E-state index in [9.17, 15) is 4.79 Å². The van der Waals surface area contributed by atoms with Crippen molar-refractivity contribution in [2.45, 2.75) is 13.0 Å². The molecule has 0 spiro atoms. The summed E-state index contributed by atoms with van der Waals surface area (Å²) in [7, 11) is 3.60. The Balaban J connectivity index is 2.51. The summed E-state index contributed by atoms with van der Waals surface area (Å²) in [5.41, 5.74) is 0. The van der Waals surface area contributed by atoms with Crippen molar-refractivity contribution in [3.8, 4) is 0 Å². The first-order valence-electron chi connectivity index (χ1n) is 5.02. The van der Waals surface area contributed by atoms with Gasteiger partial charge in [-0.05, 0) is 42.0 Å². The average molecular weight is 306 g/mol. The fourth-order valence-electron chi connectivity index (χ4n) is 1.29. The number of nitrogens with zero attached hydrogens (tertiary/aromatic N) is 1. The van der Waals surface area contributed by atoms with Crippen LogP contribution >= 0.6 is 27.3 Å². The second kappa shape index (κ2) is 6.49. The van der Waals surface area contributed by atoms with Crippen molar-refractivity contribution in [3.63, 3.8) is 0 Å². The van der Waals surface area contributed by atoms with E-state index < -0.39 is 0 Å². The van der Waals surface area contributed by atoms with Crippen LogP contribution in [0.25, 0.3) is 0 Å². The predicted octanol–water partition coefficient (Wildman–Crippen LogP) is 2.66. The van der Waals surface area contributed by atoms with Gasteiger partial charge in [0, 0.05) is 13.2 Å². The lowest BCUT2D eigenvalue weighted by Gasteiger charge is -2.22. The zero-order valence-corrected chi connectivity index (χ0v) is 12.1. The van der Waals surface area contributed by atoms with E-state index in [1.807, 2.05) is 31.0 Å². The zero-order valence-electron chi connectivity index (χ0n) is 9.70. The number of Topliss-reactive ketones (excluding diaryl/α,β-unsaturated/α-hetero) is 1. The number of ketones is 1. The van der Waals surface area contributed by atoms with E-state index >= 15 is 0 Å². The van der Waals surface area contributed by atoms with Gasteiger partial charge in [-0.3, -0.25) is 9.69 Å². The van der Waals surface area contributed by atoms with Crippen LogP contribution in [0.2, 0.25) is 0 Å². The van der Waals surface area contributed by atoms with Gasteiger partial charge in [0.2, 0.25) is 0 Å². The van der Waals surface area contributed by atoms with Crippen molar-refractivity contribution in [1.82, 2.24) is 4.90 Å². The molecule has 0 aromatic carbocycles. The number of thiophene rings is 1. The third-order valence-corrected chi connectivity index (χ3v) is 4.07. The fraction of sp³-hybridized carbons (Fsp3) is 0.545. The summed E-state index contributed by atoms with van der Waals surface area (Å²) in [4.78, 5) is 14.7. The van der Waals surface area contributed by atoms with Gasteiger partial charge in [0.1, 0.15) is 0 Å². The molecular formula is C11H16BrNO2S. The number of hydrogen-bond acceptors (Lipinski definition) is 4. The average Bonchev–Trinajstić information content (AvgIpc) is 2.65. The molecule has 1 aromatic rings. The number of hydrogen-bond donors (Lipinski definition) is 0. The minimum atomic E-state index is 0.154. The van der Waals surface area contributed by atoms with Gasteiger partial charge in [-0.2, -0.15) is 0 Å². The van der Waals surface area contributed by atoms with Crippen LogP contribution in [0.15, 0.2) is 15.9 Å². The molecule has 16 heavy (non-hydrogen) atoms. The largest absolute Gasteiger partial charge is 0.383 e. The molecule has 0 N–H and O–H groups in total. The molecule has 0 radical (unpaired) electrons.